The quantitative estimate of drug-likeness (QED) is 0.698. The van der Waals surface area contributed by atoms with Crippen LogP contribution in [0.25, 0.3) is 0 Å². The van der Waals surface area contributed by atoms with Crippen LogP contribution in [0.15, 0.2) is 24.3 Å². The van der Waals surface area contributed by atoms with E-state index in [-0.39, 0.29) is 5.91 Å². The van der Waals surface area contributed by atoms with Crippen LogP contribution in [0.3, 0.4) is 0 Å². The Morgan fingerprint density at radius 1 is 1.44 bits per heavy atom. The van der Waals surface area contributed by atoms with Gasteiger partial charge in [0, 0.05) is 26.1 Å². The fourth-order valence-corrected chi connectivity index (χ4v) is 2.26. The molecule has 1 atom stereocenters. The maximum absolute atomic E-state index is 11.4. The molecule has 4 nitrogen and oxygen atoms in total. The molecule has 1 unspecified atom stereocenters. The number of hydrogen-bond donors (Lipinski definition) is 2. The Balaban J connectivity index is 1.61. The predicted molar refractivity (Wildman–Crippen MR) is 70.6 cm³/mol. The number of carbonyl (C=O) groups excluding carboxylic acids is 1. The summed E-state index contributed by atoms with van der Waals surface area (Å²) in [6, 6.07) is 8.49. The highest BCUT2D eigenvalue weighted by molar-refractivity contribution is 5.77. The monoisotopic (exact) mass is 248 g/mol. The second-order valence-corrected chi connectivity index (χ2v) is 4.57. The molecular weight excluding hydrogens is 228 g/mol. The number of amides is 1. The molecule has 2 rings (SSSR count). The molecule has 1 aromatic rings. The third kappa shape index (κ3) is 3.31. The third-order valence-electron chi connectivity index (χ3n) is 3.27. The lowest BCUT2D eigenvalue weighted by atomic mass is 9.78. The normalized spacial score (nSPS) is 16.8. The summed E-state index contributed by atoms with van der Waals surface area (Å²) in [4.78, 5) is 11.4. The molecule has 0 aromatic heterocycles. The first-order chi connectivity index (χ1) is 8.81. The molecule has 1 amide bonds. The van der Waals surface area contributed by atoms with Crippen molar-refractivity contribution in [1.29, 1.82) is 0 Å². The minimum absolute atomic E-state index is 0.0275. The van der Waals surface area contributed by atoms with Gasteiger partial charge >= 0.3 is 0 Å². The van der Waals surface area contributed by atoms with Gasteiger partial charge in [0.1, 0.15) is 0 Å². The van der Waals surface area contributed by atoms with E-state index in [0.29, 0.717) is 25.6 Å². The van der Waals surface area contributed by atoms with E-state index in [1.807, 2.05) is 0 Å². The van der Waals surface area contributed by atoms with Crippen LogP contribution in [0.1, 0.15) is 17.0 Å². The molecule has 1 aromatic carbocycles. The van der Waals surface area contributed by atoms with Gasteiger partial charge in [0.05, 0.1) is 13.2 Å². The summed E-state index contributed by atoms with van der Waals surface area (Å²) in [6.45, 7) is 2.38. The maximum Gasteiger partial charge on any atom is 0.234 e. The Bertz CT molecular complexity index is 407. The standard InChI is InChI=1S/C14H20N2O2/c1-18-7-6-16-14(17)10-15-9-12-8-11-4-2-3-5-13(11)12/h2-5,12,15H,6-10H2,1H3,(H,16,17). The number of rotatable bonds is 7. The van der Waals surface area contributed by atoms with Gasteiger partial charge in [-0.05, 0) is 17.5 Å². The summed E-state index contributed by atoms with van der Waals surface area (Å²) in [5.74, 6) is 0.590. The average molecular weight is 248 g/mol. The van der Waals surface area contributed by atoms with E-state index in [0.717, 1.165) is 13.0 Å². The van der Waals surface area contributed by atoms with E-state index in [9.17, 15) is 4.79 Å². The lowest BCUT2D eigenvalue weighted by molar-refractivity contribution is -0.120. The van der Waals surface area contributed by atoms with Gasteiger partial charge in [-0.2, -0.15) is 0 Å². The predicted octanol–water partition coefficient (Wildman–Crippen LogP) is 0.679. The molecule has 0 spiro atoms. The zero-order valence-electron chi connectivity index (χ0n) is 10.7. The lowest BCUT2D eigenvalue weighted by Gasteiger charge is -2.30. The maximum atomic E-state index is 11.4. The van der Waals surface area contributed by atoms with E-state index in [1.165, 1.54) is 11.1 Å². The minimum Gasteiger partial charge on any atom is -0.383 e. The van der Waals surface area contributed by atoms with Gasteiger partial charge in [-0.25, -0.2) is 0 Å². The Morgan fingerprint density at radius 2 is 2.28 bits per heavy atom. The van der Waals surface area contributed by atoms with E-state index < -0.39 is 0 Å². The largest absolute Gasteiger partial charge is 0.383 e. The third-order valence-corrected chi connectivity index (χ3v) is 3.27. The van der Waals surface area contributed by atoms with Gasteiger partial charge in [-0.15, -0.1) is 0 Å². The fourth-order valence-electron chi connectivity index (χ4n) is 2.26. The van der Waals surface area contributed by atoms with Crippen molar-refractivity contribution in [3.8, 4) is 0 Å². The van der Waals surface area contributed by atoms with Crippen LogP contribution < -0.4 is 10.6 Å². The average Bonchev–Trinajstić information content (AvgIpc) is 2.35. The zero-order chi connectivity index (χ0) is 12.8. The molecule has 18 heavy (non-hydrogen) atoms. The van der Waals surface area contributed by atoms with Gasteiger partial charge in [0.25, 0.3) is 0 Å². The summed E-state index contributed by atoms with van der Waals surface area (Å²) < 4.78 is 4.87. The molecule has 0 aliphatic heterocycles. The van der Waals surface area contributed by atoms with Gasteiger partial charge in [-0.3, -0.25) is 4.79 Å². The first-order valence-corrected chi connectivity index (χ1v) is 6.35. The Kier molecular flexibility index (Phi) is 4.73. The molecular formula is C14H20N2O2. The van der Waals surface area contributed by atoms with Gasteiger partial charge in [-0.1, -0.05) is 24.3 Å². The molecule has 0 heterocycles. The van der Waals surface area contributed by atoms with Crippen LogP contribution >= 0.6 is 0 Å². The molecule has 0 radical (unpaired) electrons. The lowest BCUT2D eigenvalue weighted by Crippen LogP contribution is -2.38. The first kappa shape index (κ1) is 13.1. The summed E-state index contributed by atoms with van der Waals surface area (Å²) in [7, 11) is 1.62. The number of fused-ring (bicyclic) bond motifs is 1. The Morgan fingerprint density at radius 3 is 3.06 bits per heavy atom. The molecule has 0 saturated carbocycles. The highest BCUT2D eigenvalue weighted by atomic mass is 16.5. The van der Waals surface area contributed by atoms with Crippen LogP contribution in [0.2, 0.25) is 0 Å². The van der Waals surface area contributed by atoms with Crippen LogP contribution in [0.4, 0.5) is 0 Å². The topological polar surface area (TPSA) is 50.4 Å². The molecule has 1 aliphatic carbocycles. The van der Waals surface area contributed by atoms with Crippen molar-refractivity contribution in [3.05, 3.63) is 35.4 Å². The van der Waals surface area contributed by atoms with E-state index in [2.05, 4.69) is 34.9 Å². The van der Waals surface area contributed by atoms with E-state index in [4.69, 9.17) is 4.74 Å². The van der Waals surface area contributed by atoms with Crippen molar-refractivity contribution in [2.75, 3.05) is 33.4 Å². The number of carbonyl (C=O) groups is 1. The Labute approximate surface area is 108 Å². The smallest absolute Gasteiger partial charge is 0.234 e. The second-order valence-electron chi connectivity index (χ2n) is 4.57. The first-order valence-electron chi connectivity index (χ1n) is 6.35. The summed E-state index contributed by atoms with van der Waals surface area (Å²) >= 11 is 0. The summed E-state index contributed by atoms with van der Waals surface area (Å²) in [5.41, 5.74) is 2.86. The summed E-state index contributed by atoms with van der Waals surface area (Å²) in [5, 5.41) is 5.99. The SMILES string of the molecule is COCCNC(=O)CNCC1Cc2ccccc21. The van der Waals surface area contributed by atoms with Crippen LogP contribution in [-0.2, 0) is 16.0 Å². The fraction of sp³-hybridized carbons (Fsp3) is 0.500. The molecule has 98 valence electrons. The van der Waals surface area contributed by atoms with Crippen molar-refractivity contribution in [2.24, 2.45) is 0 Å². The van der Waals surface area contributed by atoms with Crippen LogP contribution in [0, 0.1) is 0 Å². The van der Waals surface area contributed by atoms with Crippen molar-refractivity contribution in [3.63, 3.8) is 0 Å². The second kappa shape index (κ2) is 6.52. The van der Waals surface area contributed by atoms with Gasteiger partial charge in [0.2, 0.25) is 5.91 Å². The summed E-state index contributed by atoms with van der Waals surface area (Å²) in [6.07, 6.45) is 1.12. The Hall–Kier alpha value is -1.39. The van der Waals surface area contributed by atoms with Crippen molar-refractivity contribution < 1.29 is 9.53 Å². The highest BCUT2D eigenvalue weighted by Crippen LogP contribution is 2.33. The minimum atomic E-state index is 0.0275. The molecule has 2 N–H and O–H groups in total. The molecule has 0 saturated heterocycles. The van der Waals surface area contributed by atoms with Crippen LogP contribution in [0.5, 0.6) is 0 Å². The molecule has 4 heteroatoms. The van der Waals surface area contributed by atoms with E-state index >= 15 is 0 Å². The number of methoxy groups -OCH3 is 1. The zero-order valence-corrected chi connectivity index (χ0v) is 10.7. The number of hydrogen-bond acceptors (Lipinski definition) is 3. The van der Waals surface area contributed by atoms with Crippen LogP contribution in [-0.4, -0.2) is 39.3 Å². The van der Waals surface area contributed by atoms with Gasteiger partial charge < -0.3 is 15.4 Å². The molecule has 0 fully saturated rings. The van der Waals surface area contributed by atoms with E-state index in [1.54, 1.807) is 7.11 Å². The van der Waals surface area contributed by atoms with Crippen molar-refractivity contribution in [1.82, 2.24) is 10.6 Å². The number of benzene rings is 1. The highest BCUT2D eigenvalue weighted by Gasteiger charge is 2.24. The molecule has 0 bridgehead atoms. The van der Waals surface area contributed by atoms with Crippen molar-refractivity contribution >= 4 is 5.91 Å². The number of ether oxygens (including phenoxy) is 1. The van der Waals surface area contributed by atoms with Gasteiger partial charge in [0.15, 0.2) is 0 Å². The molecule has 1 aliphatic rings. The van der Waals surface area contributed by atoms with Crippen molar-refractivity contribution in [2.45, 2.75) is 12.3 Å². The number of nitrogens with one attached hydrogen (secondary N) is 2.